The Kier molecular flexibility index (Phi) is 6.71. The van der Waals surface area contributed by atoms with Crippen molar-refractivity contribution in [3.63, 3.8) is 0 Å². The van der Waals surface area contributed by atoms with E-state index in [0.29, 0.717) is 17.7 Å². The molecule has 3 aliphatic rings. The Balaban J connectivity index is 0.000000255. The van der Waals surface area contributed by atoms with Crippen molar-refractivity contribution in [2.45, 2.75) is 51.4 Å². The Morgan fingerprint density at radius 1 is 1.21 bits per heavy atom. The minimum atomic E-state index is -3.39. The van der Waals surface area contributed by atoms with Crippen LogP contribution in [0.2, 0.25) is 0 Å². The Morgan fingerprint density at radius 3 is 2.50 bits per heavy atom. The third-order valence-corrected chi connectivity index (χ3v) is 7.17. The van der Waals surface area contributed by atoms with Gasteiger partial charge in [-0.05, 0) is 64.4 Å². The van der Waals surface area contributed by atoms with Gasteiger partial charge in [0.1, 0.15) is 5.76 Å². The fourth-order valence-electron chi connectivity index (χ4n) is 3.73. The molecule has 4 rings (SSSR count). The van der Waals surface area contributed by atoms with Crippen LogP contribution in [0.5, 0.6) is 11.5 Å². The minimum Gasteiger partial charge on any atom is -0.504 e. The van der Waals surface area contributed by atoms with Gasteiger partial charge in [0.25, 0.3) is 0 Å². The predicted octanol–water partition coefficient (Wildman–Crippen LogP) is 4.58. The van der Waals surface area contributed by atoms with Crippen molar-refractivity contribution < 1.29 is 29.4 Å². The van der Waals surface area contributed by atoms with Crippen LogP contribution >= 0.6 is 7.82 Å². The second-order valence-corrected chi connectivity index (χ2v) is 9.02. The van der Waals surface area contributed by atoms with Gasteiger partial charge in [-0.1, -0.05) is 12.1 Å². The first-order chi connectivity index (χ1) is 13.3. The summed E-state index contributed by atoms with van der Waals surface area (Å²) in [5.74, 6) is 2.17. The number of nitrogens with zero attached hydrogens (tertiary/aromatic N) is 1. The van der Waals surface area contributed by atoms with Crippen LogP contribution in [0.1, 0.15) is 34.5 Å². The van der Waals surface area contributed by atoms with Crippen LogP contribution in [0, 0.1) is 5.92 Å². The molecule has 1 aromatic carbocycles. The van der Waals surface area contributed by atoms with E-state index in [4.69, 9.17) is 23.4 Å². The fraction of sp³-hybridized carbons (Fsp3) is 0.600. The lowest BCUT2D eigenvalue weighted by molar-refractivity contribution is 0.187. The van der Waals surface area contributed by atoms with Crippen LogP contribution < -0.4 is 4.74 Å². The van der Waals surface area contributed by atoms with Crippen molar-refractivity contribution in [2.75, 3.05) is 20.7 Å². The van der Waals surface area contributed by atoms with Crippen LogP contribution in [-0.4, -0.2) is 49.0 Å². The minimum absolute atomic E-state index is 0. The van der Waals surface area contributed by atoms with Crippen LogP contribution in [0.4, 0.5) is 0 Å². The fourth-order valence-corrected chi connectivity index (χ4v) is 5.46. The second-order valence-electron chi connectivity index (χ2n) is 7.52. The van der Waals surface area contributed by atoms with Crippen molar-refractivity contribution in [1.82, 2.24) is 4.90 Å². The molecule has 2 fully saturated rings. The summed E-state index contributed by atoms with van der Waals surface area (Å²) >= 11 is 0. The van der Waals surface area contributed by atoms with Gasteiger partial charge in [0, 0.05) is 13.9 Å². The number of benzene rings is 1. The molecule has 0 aromatic heterocycles. The summed E-state index contributed by atoms with van der Waals surface area (Å²) in [5.41, 5.74) is 0. The van der Waals surface area contributed by atoms with Gasteiger partial charge in [0.15, 0.2) is 11.5 Å². The number of hydrogen-bond acceptors (Lipinski definition) is 7. The van der Waals surface area contributed by atoms with Crippen molar-refractivity contribution in [1.29, 1.82) is 0 Å². The maximum absolute atomic E-state index is 12.4. The standard InChI is InChI=1S/C13H22NO4P.C7H8O2.H2/c1-9-10(2)17-19(15,16-9)18-12-5-4-11-6-7-14(3)13(11)8-12;1-9-7-5-3-2-4-6(7)8;/h8-11,13H,4-7H2,1-3H3;2-5,8H,1H3;1H. The van der Waals surface area contributed by atoms with Gasteiger partial charge in [-0.15, -0.1) is 0 Å². The highest BCUT2D eigenvalue weighted by Crippen LogP contribution is 2.59. The molecule has 28 heavy (non-hydrogen) atoms. The van der Waals surface area contributed by atoms with Crippen molar-refractivity contribution in [3.8, 4) is 11.5 Å². The smallest absolute Gasteiger partial charge is 0.504 e. The number of allylic oxidation sites excluding steroid dienone is 1. The number of likely N-dealkylation sites (N-methyl/N-ethyl adjacent to an activating group) is 1. The molecule has 2 saturated heterocycles. The first-order valence-corrected chi connectivity index (χ1v) is 11.2. The van der Waals surface area contributed by atoms with E-state index in [9.17, 15) is 4.57 Å². The summed E-state index contributed by atoms with van der Waals surface area (Å²) in [7, 11) is 0.253. The zero-order valence-corrected chi connectivity index (χ0v) is 17.8. The summed E-state index contributed by atoms with van der Waals surface area (Å²) in [4.78, 5) is 2.32. The van der Waals surface area contributed by atoms with E-state index >= 15 is 0 Å². The zero-order chi connectivity index (χ0) is 20.3. The molecule has 4 unspecified atom stereocenters. The van der Waals surface area contributed by atoms with E-state index in [1.165, 1.54) is 13.5 Å². The van der Waals surface area contributed by atoms with Gasteiger partial charge >= 0.3 is 7.82 Å². The highest BCUT2D eigenvalue weighted by atomic mass is 31.2. The number of para-hydroxylation sites is 2. The molecule has 7 nitrogen and oxygen atoms in total. The molecule has 0 saturated carbocycles. The van der Waals surface area contributed by atoms with Gasteiger partial charge in [0.05, 0.1) is 19.3 Å². The molecule has 2 aliphatic heterocycles. The number of phosphoric acid groups is 1. The van der Waals surface area contributed by atoms with Gasteiger partial charge in [-0.25, -0.2) is 4.57 Å². The lowest BCUT2D eigenvalue weighted by Gasteiger charge is -2.28. The molecule has 158 valence electrons. The molecule has 1 aliphatic carbocycles. The molecule has 4 atom stereocenters. The first-order valence-electron chi connectivity index (χ1n) is 9.70. The van der Waals surface area contributed by atoms with Gasteiger partial charge in [-0.2, -0.15) is 0 Å². The number of phosphoric ester groups is 1. The highest BCUT2D eigenvalue weighted by Gasteiger charge is 2.44. The Morgan fingerprint density at radius 2 is 1.89 bits per heavy atom. The number of ether oxygens (including phenoxy) is 1. The van der Waals surface area contributed by atoms with Gasteiger partial charge in [-0.3, -0.25) is 13.9 Å². The van der Waals surface area contributed by atoms with E-state index < -0.39 is 7.82 Å². The van der Waals surface area contributed by atoms with Gasteiger partial charge < -0.3 is 14.4 Å². The third kappa shape index (κ3) is 4.90. The largest absolute Gasteiger partial charge is 0.530 e. The molecule has 0 spiro atoms. The Labute approximate surface area is 168 Å². The normalized spacial score (nSPS) is 34.8. The summed E-state index contributed by atoms with van der Waals surface area (Å²) < 4.78 is 33.4. The van der Waals surface area contributed by atoms with E-state index in [0.717, 1.165) is 25.1 Å². The number of rotatable bonds is 3. The lowest BCUT2D eigenvalue weighted by atomic mass is 9.89. The maximum Gasteiger partial charge on any atom is 0.530 e. The molecule has 1 N–H and O–H groups in total. The number of phenols is 1. The Hall–Kier alpha value is -1.53. The van der Waals surface area contributed by atoms with E-state index in [1.807, 2.05) is 13.8 Å². The SMILES string of the molecule is CC1OP(=O)(OC2=CC3C(CC2)CCN3C)OC1C.COc1ccccc1O.[HH]. The monoisotopic (exact) mass is 413 g/mol. The van der Waals surface area contributed by atoms with E-state index in [-0.39, 0.29) is 19.4 Å². The summed E-state index contributed by atoms with van der Waals surface area (Å²) in [6.45, 7) is 4.82. The number of fused-ring (bicyclic) bond motifs is 1. The highest BCUT2D eigenvalue weighted by molar-refractivity contribution is 7.48. The lowest BCUT2D eigenvalue weighted by Crippen LogP contribution is -2.30. The van der Waals surface area contributed by atoms with Crippen LogP contribution in [-0.2, 0) is 18.1 Å². The average molecular weight is 413 g/mol. The zero-order valence-electron chi connectivity index (χ0n) is 16.9. The summed E-state index contributed by atoms with van der Waals surface area (Å²) in [6, 6.07) is 7.25. The van der Waals surface area contributed by atoms with Crippen LogP contribution in [0.25, 0.3) is 0 Å². The number of hydrogen-bond donors (Lipinski definition) is 1. The van der Waals surface area contributed by atoms with Crippen molar-refractivity contribution >= 4 is 7.82 Å². The van der Waals surface area contributed by atoms with Crippen molar-refractivity contribution in [3.05, 3.63) is 36.1 Å². The molecule has 1 aromatic rings. The van der Waals surface area contributed by atoms with Crippen LogP contribution in [0.3, 0.4) is 0 Å². The van der Waals surface area contributed by atoms with E-state index in [1.54, 1.807) is 24.3 Å². The first kappa shape index (κ1) is 21.2. The van der Waals surface area contributed by atoms with E-state index in [2.05, 4.69) is 18.0 Å². The Bertz CT molecular complexity index is 746. The average Bonchev–Trinajstić information content (AvgIpc) is 3.14. The van der Waals surface area contributed by atoms with Crippen molar-refractivity contribution in [2.24, 2.45) is 5.92 Å². The third-order valence-electron chi connectivity index (χ3n) is 5.53. The molecule has 0 bridgehead atoms. The second kappa shape index (κ2) is 8.87. The molecule has 8 heteroatoms. The number of methoxy groups -OCH3 is 1. The number of aromatic hydroxyl groups is 1. The van der Waals surface area contributed by atoms with Crippen LogP contribution in [0.15, 0.2) is 36.1 Å². The maximum atomic E-state index is 12.4. The van der Waals surface area contributed by atoms with Gasteiger partial charge in [0.2, 0.25) is 0 Å². The molecular formula is C20H32NO6P. The predicted molar refractivity (Wildman–Crippen MR) is 108 cm³/mol. The topological polar surface area (TPSA) is 77.5 Å². The quantitative estimate of drug-likeness (QED) is 0.727. The molecule has 0 amide bonds. The summed E-state index contributed by atoms with van der Waals surface area (Å²) in [5, 5.41) is 8.99. The number of likely N-dealkylation sites (tertiary alicyclic amines) is 1. The molecule has 2 heterocycles. The summed E-state index contributed by atoms with van der Waals surface area (Å²) in [6.07, 6.45) is 4.89. The molecular weight excluding hydrogens is 381 g/mol. The molecule has 0 radical (unpaired) electrons. The number of phenolic OH excluding ortho intramolecular Hbond substituents is 1.